The van der Waals surface area contributed by atoms with Crippen LogP contribution in [0.5, 0.6) is 0 Å². The molecule has 0 unspecified atom stereocenters. The number of hydrogen-bond acceptors (Lipinski definition) is 3. The maximum absolute atomic E-state index is 11.6. The van der Waals surface area contributed by atoms with Crippen molar-refractivity contribution < 1.29 is 9.53 Å². The van der Waals surface area contributed by atoms with E-state index in [4.69, 9.17) is 4.74 Å². The Morgan fingerprint density at radius 3 is 2.63 bits per heavy atom. The van der Waals surface area contributed by atoms with E-state index in [1.807, 2.05) is 36.4 Å². The second kappa shape index (κ2) is 6.35. The number of aromatic nitrogens is 1. The van der Waals surface area contributed by atoms with Crippen molar-refractivity contribution >= 4 is 12.0 Å². The number of carbonyl (C=O) groups is 1. The lowest BCUT2D eigenvalue weighted by atomic mass is 10.2. The Morgan fingerprint density at radius 2 is 1.95 bits per heavy atom. The molecule has 0 aliphatic carbocycles. The smallest absolute Gasteiger partial charge is 0.339 e. The lowest BCUT2D eigenvalue weighted by Gasteiger charge is -2.00. The summed E-state index contributed by atoms with van der Waals surface area (Å²) in [6, 6.07) is 12.4. The van der Waals surface area contributed by atoms with Gasteiger partial charge in [-0.1, -0.05) is 36.4 Å². The number of nitrogens with one attached hydrogen (secondary N) is 1. The molecule has 0 saturated heterocycles. The van der Waals surface area contributed by atoms with Gasteiger partial charge in [-0.15, -0.1) is 0 Å². The molecular weight excluding hydrogens is 242 g/mol. The average molecular weight is 255 g/mol. The van der Waals surface area contributed by atoms with E-state index in [2.05, 4.69) is 4.98 Å². The van der Waals surface area contributed by atoms with Crippen LogP contribution in [-0.2, 0) is 4.74 Å². The molecule has 1 heterocycles. The van der Waals surface area contributed by atoms with Gasteiger partial charge in [-0.05, 0) is 17.7 Å². The number of H-pyrrole nitrogens is 1. The summed E-state index contributed by atoms with van der Waals surface area (Å²) in [6.45, 7) is 0.187. The summed E-state index contributed by atoms with van der Waals surface area (Å²) >= 11 is 0. The third-order valence-corrected chi connectivity index (χ3v) is 2.44. The summed E-state index contributed by atoms with van der Waals surface area (Å²) in [5.41, 5.74) is 1.12. The van der Waals surface area contributed by atoms with Crippen molar-refractivity contribution in [1.82, 2.24) is 4.98 Å². The molecule has 0 bridgehead atoms. The van der Waals surface area contributed by atoms with Crippen molar-refractivity contribution in [2.45, 2.75) is 0 Å². The molecule has 19 heavy (non-hydrogen) atoms. The van der Waals surface area contributed by atoms with Crippen LogP contribution in [0.3, 0.4) is 0 Å². The predicted molar refractivity (Wildman–Crippen MR) is 72.8 cm³/mol. The molecule has 1 N–H and O–H groups in total. The second-order valence-electron chi connectivity index (χ2n) is 3.85. The minimum Gasteiger partial charge on any atom is -0.458 e. The van der Waals surface area contributed by atoms with Gasteiger partial charge >= 0.3 is 5.97 Å². The van der Waals surface area contributed by atoms with Crippen LogP contribution in [0.2, 0.25) is 0 Å². The summed E-state index contributed by atoms with van der Waals surface area (Å²) in [7, 11) is 0. The van der Waals surface area contributed by atoms with Gasteiger partial charge in [-0.25, -0.2) is 4.79 Å². The first-order valence-corrected chi connectivity index (χ1v) is 5.83. The van der Waals surface area contributed by atoms with Crippen molar-refractivity contribution in [2.24, 2.45) is 0 Å². The molecule has 1 aromatic carbocycles. The zero-order chi connectivity index (χ0) is 13.5. The Kier molecular flexibility index (Phi) is 4.29. The minimum atomic E-state index is -0.464. The molecule has 2 aromatic rings. The SMILES string of the molecule is O=C(OC/C=C\c1ccccc1)c1ccc(=O)[nH]c1. The van der Waals surface area contributed by atoms with Gasteiger partial charge in [0, 0.05) is 12.3 Å². The zero-order valence-corrected chi connectivity index (χ0v) is 10.2. The van der Waals surface area contributed by atoms with Crippen molar-refractivity contribution in [3.05, 3.63) is 76.2 Å². The standard InChI is InChI=1S/C15H13NO3/c17-14-9-8-13(11-16-14)15(18)19-10-4-7-12-5-2-1-3-6-12/h1-9,11H,10H2,(H,16,17)/b7-4-. The monoisotopic (exact) mass is 255 g/mol. The van der Waals surface area contributed by atoms with Gasteiger partial charge < -0.3 is 9.72 Å². The third kappa shape index (κ3) is 3.96. The van der Waals surface area contributed by atoms with E-state index in [1.165, 1.54) is 18.3 Å². The van der Waals surface area contributed by atoms with Crippen LogP contribution in [-0.4, -0.2) is 17.6 Å². The predicted octanol–water partition coefficient (Wildman–Crippen LogP) is 2.25. The van der Waals surface area contributed by atoms with Crippen LogP contribution >= 0.6 is 0 Å². The molecule has 0 aliphatic heterocycles. The van der Waals surface area contributed by atoms with Gasteiger partial charge in [0.1, 0.15) is 6.61 Å². The van der Waals surface area contributed by atoms with Gasteiger partial charge in [0.25, 0.3) is 0 Å². The molecule has 0 fully saturated rings. The van der Waals surface area contributed by atoms with E-state index >= 15 is 0 Å². The molecule has 0 radical (unpaired) electrons. The van der Waals surface area contributed by atoms with Crippen LogP contribution in [0.15, 0.2) is 59.5 Å². The Morgan fingerprint density at radius 1 is 1.16 bits per heavy atom. The molecular formula is C15H13NO3. The van der Waals surface area contributed by atoms with E-state index in [9.17, 15) is 9.59 Å². The fourth-order valence-corrected chi connectivity index (χ4v) is 1.49. The van der Waals surface area contributed by atoms with E-state index in [0.29, 0.717) is 5.56 Å². The molecule has 0 amide bonds. The highest BCUT2D eigenvalue weighted by atomic mass is 16.5. The molecule has 1 aromatic heterocycles. The first-order valence-electron chi connectivity index (χ1n) is 5.83. The largest absolute Gasteiger partial charge is 0.458 e. The molecule has 0 aliphatic rings. The Bertz CT molecular complexity index is 609. The summed E-state index contributed by atoms with van der Waals surface area (Å²) < 4.78 is 5.04. The fourth-order valence-electron chi connectivity index (χ4n) is 1.49. The van der Waals surface area contributed by atoms with Crippen molar-refractivity contribution in [2.75, 3.05) is 6.61 Å². The highest BCUT2D eigenvalue weighted by Gasteiger charge is 2.05. The Labute approximate surface area is 110 Å². The van der Waals surface area contributed by atoms with Crippen LogP contribution in [0.4, 0.5) is 0 Å². The molecule has 96 valence electrons. The number of aromatic amines is 1. The van der Waals surface area contributed by atoms with Gasteiger partial charge in [-0.2, -0.15) is 0 Å². The maximum atomic E-state index is 11.6. The van der Waals surface area contributed by atoms with Crippen molar-refractivity contribution in [3.8, 4) is 0 Å². The lowest BCUT2D eigenvalue weighted by molar-refractivity contribution is 0.0549. The summed E-state index contributed by atoms with van der Waals surface area (Å²) in [5.74, 6) is -0.464. The number of pyridine rings is 1. The number of ether oxygens (including phenoxy) is 1. The molecule has 0 saturated carbocycles. The van der Waals surface area contributed by atoms with Gasteiger partial charge in [-0.3, -0.25) is 4.79 Å². The molecule has 0 atom stereocenters. The number of esters is 1. The number of benzene rings is 1. The van der Waals surface area contributed by atoms with Crippen LogP contribution in [0, 0.1) is 0 Å². The number of carbonyl (C=O) groups excluding carboxylic acids is 1. The third-order valence-electron chi connectivity index (χ3n) is 2.44. The Hall–Kier alpha value is -2.62. The quantitative estimate of drug-likeness (QED) is 0.852. The van der Waals surface area contributed by atoms with E-state index in [-0.39, 0.29) is 12.2 Å². The van der Waals surface area contributed by atoms with E-state index < -0.39 is 5.97 Å². The first kappa shape index (κ1) is 12.8. The molecule has 2 rings (SSSR count). The average Bonchev–Trinajstić information content (AvgIpc) is 2.45. The molecule has 4 heteroatoms. The first-order chi connectivity index (χ1) is 9.25. The van der Waals surface area contributed by atoms with Gasteiger partial charge in [0.2, 0.25) is 5.56 Å². The molecule has 4 nitrogen and oxygen atoms in total. The van der Waals surface area contributed by atoms with Gasteiger partial charge in [0.15, 0.2) is 0 Å². The van der Waals surface area contributed by atoms with Crippen LogP contribution < -0.4 is 5.56 Å². The van der Waals surface area contributed by atoms with Gasteiger partial charge in [0.05, 0.1) is 5.56 Å². The molecule has 0 spiro atoms. The van der Waals surface area contributed by atoms with Crippen LogP contribution in [0.1, 0.15) is 15.9 Å². The normalized spacial score (nSPS) is 10.5. The Balaban J connectivity index is 1.86. The topological polar surface area (TPSA) is 59.2 Å². The van der Waals surface area contributed by atoms with E-state index in [1.54, 1.807) is 6.08 Å². The second-order valence-corrected chi connectivity index (χ2v) is 3.85. The fraction of sp³-hybridized carbons (Fsp3) is 0.0667. The summed E-state index contributed by atoms with van der Waals surface area (Å²) in [6.07, 6.45) is 4.98. The number of hydrogen-bond donors (Lipinski definition) is 1. The minimum absolute atomic E-state index is 0.187. The summed E-state index contributed by atoms with van der Waals surface area (Å²) in [4.78, 5) is 24.9. The van der Waals surface area contributed by atoms with Crippen LogP contribution in [0.25, 0.3) is 6.08 Å². The lowest BCUT2D eigenvalue weighted by Crippen LogP contribution is -2.09. The van der Waals surface area contributed by atoms with Crippen molar-refractivity contribution in [1.29, 1.82) is 0 Å². The number of rotatable bonds is 4. The summed E-state index contributed by atoms with van der Waals surface area (Å²) in [5, 5.41) is 0. The highest BCUT2D eigenvalue weighted by Crippen LogP contribution is 2.01. The van der Waals surface area contributed by atoms with Crippen molar-refractivity contribution in [3.63, 3.8) is 0 Å². The highest BCUT2D eigenvalue weighted by molar-refractivity contribution is 5.88. The zero-order valence-electron chi connectivity index (χ0n) is 10.2. The maximum Gasteiger partial charge on any atom is 0.339 e. The van der Waals surface area contributed by atoms with E-state index in [0.717, 1.165) is 5.56 Å².